The van der Waals surface area contributed by atoms with Crippen LogP contribution in [0.3, 0.4) is 0 Å². The summed E-state index contributed by atoms with van der Waals surface area (Å²) >= 11 is 3.50. The predicted molar refractivity (Wildman–Crippen MR) is 80.9 cm³/mol. The van der Waals surface area contributed by atoms with Crippen molar-refractivity contribution in [3.63, 3.8) is 0 Å². The molecule has 0 radical (unpaired) electrons. The molecule has 102 valence electrons. The molecule has 0 heterocycles. The van der Waals surface area contributed by atoms with E-state index in [9.17, 15) is 0 Å². The van der Waals surface area contributed by atoms with E-state index in [-0.39, 0.29) is 0 Å². The molecular formula is C15H24BrNO. The highest BCUT2D eigenvalue weighted by atomic mass is 79.9. The van der Waals surface area contributed by atoms with Gasteiger partial charge in [0.25, 0.3) is 0 Å². The van der Waals surface area contributed by atoms with Gasteiger partial charge in [-0.15, -0.1) is 0 Å². The zero-order valence-electron chi connectivity index (χ0n) is 11.6. The van der Waals surface area contributed by atoms with Crippen LogP contribution in [0.5, 0.6) is 0 Å². The van der Waals surface area contributed by atoms with Crippen molar-refractivity contribution in [2.24, 2.45) is 0 Å². The summed E-state index contributed by atoms with van der Waals surface area (Å²) in [4.78, 5) is 0. The molecule has 0 saturated carbocycles. The Morgan fingerprint density at radius 3 is 2.67 bits per heavy atom. The van der Waals surface area contributed by atoms with E-state index in [4.69, 9.17) is 4.74 Å². The Balaban J connectivity index is 2.15. The molecule has 1 aromatic rings. The van der Waals surface area contributed by atoms with Crippen LogP contribution in [0.1, 0.15) is 45.2 Å². The number of benzene rings is 1. The van der Waals surface area contributed by atoms with Gasteiger partial charge in [0.15, 0.2) is 0 Å². The van der Waals surface area contributed by atoms with Crippen molar-refractivity contribution in [1.82, 2.24) is 5.32 Å². The first kappa shape index (κ1) is 15.7. The molecule has 3 heteroatoms. The van der Waals surface area contributed by atoms with Crippen LogP contribution in [-0.2, 0) is 4.74 Å². The van der Waals surface area contributed by atoms with Crippen molar-refractivity contribution in [1.29, 1.82) is 0 Å². The van der Waals surface area contributed by atoms with Crippen molar-refractivity contribution in [2.45, 2.75) is 45.8 Å². The largest absolute Gasteiger partial charge is 0.379 e. The van der Waals surface area contributed by atoms with Crippen molar-refractivity contribution in [2.75, 3.05) is 13.2 Å². The van der Waals surface area contributed by atoms with Gasteiger partial charge < -0.3 is 10.1 Å². The van der Waals surface area contributed by atoms with Gasteiger partial charge >= 0.3 is 0 Å². The summed E-state index contributed by atoms with van der Waals surface area (Å²) in [5, 5.41) is 3.54. The van der Waals surface area contributed by atoms with Crippen LogP contribution in [0, 0.1) is 0 Å². The van der Waals surface area contributed by atoms with Gasteiger partial charge in [-0.2, -0.15) is 0 Å². The number of halogens is 1. The molecule has 1 aromatic carbocycles. The lowest BCUT2D eigenvalue weighted by Gasteiger charge is -2.14. The first-order valence-electron chi connectivity index (χ1n) is 6.70. The molecule has 0 saturated heterocycles. The average molecular weight is 314 g/mol. The summed E-state index contributed by atoms with van der Waals surface area (Å²) in [7, 11) is 0. The van der Waals surface area contributed by atoms with Crippen LogP contribution < -0.4 is 5.32 Å². The fourth-order valence-electron chi connectivity index (χ4n) is 1.76. The van der Waals surface area contributed by atoms with Crippen molar-refractivity contribution < 1.29 is 4.74 Å². The van der Waals surface area contributed by atoms with Crippen LogP contribution in [0.2, 0.25) is 0 Å². The second-order valence-electron chi connectivity index (χ2n) is 4.86. The number of rotatable bonds is 8. The monoisotopic (exact) mass is 313 g/mol. The molecule has 0 bridgehead atoms. The molecule has 1 N–H and O–H groups in total. The van der Waals surface area contributed by atoms with Gasteiger partial charge in [-0.05, 0) is 57.9 Å². The minimum absolute atomic E-state index is 0.346. The minimum Gasteiger partial charge on any atom is -0.379 e. The molecule has 0 aliphatic rings. The van der Waals surface area contributed by atoms with E-state index in [2.05, 4.69) is 66.3 Å². The zero-order chi connectivity index (χ0) is 13.4. The third kappa shape index (κ3) is 6.53. The Morgan fingerprint density at radius 2 is 2.00 bits per heavy atom. The molecule has 0 fully saturated rings. The van der Waals surface area contributed by atoms with E-state index in [1.165, 1.54) is 5.56 Å². The molecule has 2 nitrogen and oxygen atoms in total. The minimum atomic E-state index is 0.346. The van der Waals surface area contributed by atoms with E-state index in [1.54, 1.807) is 0 Å². The number of ether oxygens (including phenoxy) is 1. The van der Waals surface area contributed by atoms with Gasteiger partial charge in [0.2, 0.25) is 0 Å². The smallest absolute Gasteiger partial charge is 0.0518 e. The lowest BCUT2D eigenvalue weighted by Crippen LogP contribution is -2.20. The van der Waals surface area contributed by atoms with Crippen molar-refractivity contribution >= 4 is 15.9 Å². The van der Waals surface area contributed by atoms with E-state index in [0.29, 0.717) is 12.1 Å². The summed E-state index contributed by atoms with van der Waals surface area (Å²) < 4.78 is 6.65. The van der Waals surface area contributed by atoms with Gasteiger partial charge in [0.1, 0.15) is 0 Å². The number of hydrogen-bond donors (Lipinski definition) is 1. The molecule has 1 unspecified atom stereocenters. The van der Waals surface area contributed by atoms with Gasteiger partial charge in [0, 0.05) is 17.1 Å². The topological polar surface area (TPSA) is 21.3 Å². The second kappa shape index (κ2) is 8.68. The Morgan fingerprint density at radius 1 is 1.22 bits per heavy atom. The van der Waals surface area contributed by atoms with Gasteiger partial charge in [-0.1, -0.05) is 28.1 Å². The first-order chi connectivity index (χ1) is 8.59. The number of unbranched alkanes of at least 4 members (excludes halogenated alkanes) is 1. The Bertz CT molecular complexity index is 341. The van der Waals surface area contributed by atoms with Crippen molar-refractivity contribution in [3.05, 3.63) is 34.3 Å². The van der Waals surface area contributed by atoms with Crippen LogP contribution in [0.25, 0.3) is 0 Å². The maximum Gasteiger partial charge on any atom is 0.0518 e. The zero-order valence-corrected chi connectivity index (χ0v) is 13.2. The molecule has 1 atom stereocenters. The van der Waals surface area contributed by atoms with Crippen LogP contribution in [-0.4, -0.2) is 19.3 Å². The van der Waals surface area contributed by atoms with Crippen LogP contribution in [0.4, 0.5) is 0 Å². The molecule has 0 amide bonds. The first-order valence-corrected chi connectivity index (χ1v) is 7.49. The fraction of sp³-hybridized carbons (Fsp3) is 0.600. The maximum atomic E-state index is 5.52. The lowest BCUT2D eigenvalue weighted by atomic mass is 10.1. The highest BCUT2D eigenvalue weighted by Gasteiger charge is 2.04. The SMILES string of the molecule is CC(C)OCCCCNC(C)c1cccc(Br)c1. The average Bonchev–Trinajstić information content (AvgIpc) is 2.33. The number of hydrogen-bond acceptors (Lipinski definition) is 2. The molecule has 1 rings (SSSR count). The Hall–Kier alpha value is -0.380. The molecule has 0 aliphatic carbocycles. The second-order valence-corrected chi connectivity index (χ2v) is 5.77. The molecule has 0 aliphatic heterocycles. The molecule has 0 aromatic heterocycles. The van der Waals surface area contributed by atoms with E-state index >= 15 is 0 Å². The molecule has 0 spiro atoms. The van der Waals surface area contributed by atoms with Crippen LogP contribution >= 0.6 is 15.9 Å². The summed E-state index contributed by atoms with van der Waals surface area (Å²) in [6, 6.07) is 8.85. The highest BCUT2D eigenvalue weighted by molar-refractivity contribution is 9.10. The summed E-state index contributed by atoms with van der Waals surface area (Å²) in [6.07, 6.45) is 2.63. The standard InChI is InChI=1S/C15H24BrNO/c1-12(2)18-10-5-4-9-17-13(3)14-7-6-8-15(16)11-14/h6-8,11-13,17H,4-5,9-10H2,1-3H3. The number of nitrogens with one attached hydrogen (secondary N) is 1. The van der Waals surface area contributed by atoms with E-state index < -0.39 is 0 Å². The van der Waals surface area contributed by atoms with Gasteiger partial charge in [-0.25, -0.2) is 0 Å². The summed E-state index contributed by atoms with van der Waals surface area (Å²) in [6.45, 7) is 8.26. The van der Waals surface area contributed by atoms with Crippen LogP contribution in [0.15, 0.2) is 28.7 Å². The lowest BCUT2D eigenvalue weighted by molar-refractivity contribution is 0.0759. The van der Waals surface area contributed by atoms with E-state index in [1.807, 2.05) is 0 Å². The summed E-state index contributed by atoms with van der Waals surface area (Å²) in [5.41, 5.74) is 1.32. The quantitative estimate of drug-likeness (QED) is 0.722. The fourth-order valence-corrected chi connectivity index (χ4v) is 2.18. The summed E-state index contributed by atoms with van der Waals surface area (Å²) in [5.74, 6) is 0. The Kier molecular flexibility index (Phi) is 7.56. The maximum absolute atomic E-state index is 5.52. The third-order valence-electron chi connectivity index (χ3n) is 2.82. The van der Waals surface area contributed by atoms with Gasteiger partial charge in [0.05, 0.1) is 6.10 Å². The van der Waals surface area contributed by atoms with E-state index in [0.717, 1.165) is 30.5 Å². The molecular weight excluding hydrogens is 290 g/mol. The molecule has 18 heavy (non-hydrogen) atoms. The van der Waals surface area contributed by atoms with Gasteiger partial charge in [-0.3, -0.25) is 0 Å². The van der Waals surface area contributed by atoms with Crippen molar-refractivity contribution in [3.8, 4) is 0 Å². The Labute approximate surface area is 119 Å². The normalized spacial score (nSPS) is 12.9. The highest BCUT2D eigenvalue weighted by Crippen LogP contribution is 2.17. The predicted octanol–water partition coefficient (Wildman–Crippen LogP) is 4.30. The third-order valence-corrected chi connectivity index (χ3v) is 3.31.